The van der Waals surface area contributed by atoms with E-state index in [1.54, 1.807) is 17.0 Å². The van der Waals surface area contributed by atoms with Crippen LogP contribution in [0.1, 0.15) is 23.5 Å². The Kier molecular flexibility index (Phi) is 5.11. The van der Waals surface area contributed by atoms with Gasteiger partial charge in [0.25, 0.3) is 0 Å². The van der Waals surface area contributed by atoms with Crippen LogP contribution < -0.4 is 19.1 Å². The van der Waals surface area contributed by atoms with E-state index in [1.807, 2.05) is 31.2 Å². The Balaban J connectivity index is 1.86. The molecule has 156 valence electrons. The molecular formula is C23H23NO6. The molecule has 0 spiro atoms. The van der Waals surface area contributed by atoms with E-state index in [0.29, 0.717) is 39.8 Å². The summed E-state index contributed by atoms with van der Waals surface area (Å²) >= 11 is 0. The normalized spacial score (nSPS) is 18.3. The molecule has 0 radical (unpaired) electrons. The van der Waals surface area contributed by atoms with E-state index in [0.717, 1.165) is 5.56 Å². The smallest absolute Gasteiger partial charge is 0.336 e. The Hall–Kier alpha value is -3.48. The number of carbonyl (C=O) groups excluding carboxylic acids is 2. The first kappa shape index (κ1) is 19.8. The predicted octanol–water partition coefficient (Wildman–Crippen LogP) is 3.35. The molecule has 2 heterocycles. The Bertz CT molecular complexity index is 1040. The lowest BCUT2D eigenvalue weighted by Crippen LogP contribution is -2.37. The zero-order valence-corrected chi connectivity index (χ0v) is 17.4. The van der Waals surface area contributed by atoms with Crippen molar-refractivity contribution in [2.24, 2.45) is 0 Å². The highest BCUT2D eigenvalue weighted by Gasteiger charge is 2.44. The highest BCUT2D eigenvalue weighted by molar-refractivity contribution is 6.06. The first-order valence-electron chi connectivity index (χ1n) is 9.58. The number of methoxy groups -OCH3 is 3. The van der Waals surface area contributed by atoms with Gasteiger partial charge in [-0.2, -0.15) is 0 Å². The quantitative estimate of drug-likeness (QED) is 0.705. The fourth-order valence-electron chi connectivity index (χ4n) is 4.04. The van der Waals surface area contributed by atoms with E-state index in [4.69, 9.17) is 18.9 Å². The number of nitrogens with zero attached hydrogens (tertiary/aromatic N) is 1. The maximum absolute atomic E-state index is 13.2. The molecule has 1 atom stereocenters. The Morgan fingerprint density at radius 1 is 0.933 bits per heavy atom. The van der Waals surface area contributed by atoms with Crippen molar-refractivity contribution in [1.29, 1.82) is 0 Å². The maximum atomic E-state index is 13.2. The summed E-state index contributed by atoms with van der Waals surface area (Å²) in [7, 11) is 4.61. The molecule has 2 aliphatic rings. The van der Waals surface area contributed by atoms with E-state index in [1.165, 1.54) is 21.3 Å². The molecule has 2 aromatic carbocycles. The van der Waals surface area contributed by atoms with Gasteiger partial charge in [-0.1, -0.05) is 17.7 Å². The number of cyclic esters (lactones) is 1. The number of rotatable bonds is 5. The SMILES string of the molecule is COc1cc(OC)c(C2CC(=O)N(c3ccc(C)cc3)C3=C2C(=O)OC3)cc1OC. The second-order valence-corrected chi connectivity index (χ2v) is 7.21. The molecule has 0 saturated heterocycles. The van der Waals surface area contributed by atoms with Crippen LogP contribution in [0.2, 0.25) is 0 Å². The van der Waals surface area contributed by atoms with Crippen LogP contribution in [-0.4, -0.2) is 39.8 Å². The Morgan fingerprint density at radius 3 is 2.20 bits per heavy atom. The summed E-state index contributed by atoms with van der Waals surface area (Å²) in [6, 6.07) is 11.1. The first-order valence-corrected chi connectivity index (χ1v) is 9.58. The van der Waals surface area contributed by atoms with Crippen molar-refractivity contribution in [2.45, 2.75) is 19.3 Å². The van der Waals surface area contributed by atoms with Gasteiger partial charge in [-0.25, -0.2) is 4.79 Å². The van der Waals surface area contributed by atoms with Crippen LogP contribution in [0.4, 0.5) is 5.69 Å². The molecule has 30 heavy (non-hydrogen) atoms. The van der Waals surface area contributed by atoms with Gasteiger partial charge in [0.15, 0.2) is 11.5 Å². The van der Waals surface area contributed by atoms with Crippen molar-refractivity contribution in [2.75, 3.05) is 32.8 Å². The zero-order chi connectivity index (χ0) is 21.4. The summed E-state index contributed by atoms with van der Waals surface area (Å²) in [6.07, 6.45) is 0.105. The summed E-state index contributed by atoms with van der Waals surface area (Å²) < 4.78 is 21.7. The average Bonchev–Trinajstić information content (AvgIpc) is 3.14. The van der Waals surface area contributed by atoms with Gasteiger partial charge >= 0.3 is 5.97 Å². The molecule has 7 heteroatoms. The van der Waals surface area contributed by atoms with Crippen LogP contribution in [0.15, 0.2) is 47.7 Å². The highest BCUT2D eigenvalue weighted by atomic mass is 16.5. The first-order chi connectivity index (χ1) is 14.5. The van der Waals surface area contributed by atoms with Crippen molar-refractivity contribution < 1.29 is 28.5 Å². The van der Waals surface area contributed by atoms with Crippen molar-refractivity contribution in [3.8, 4) is 17.2 Å². The number of carbonyl (C=O) groups is 2. The molecule has 0 aromatic heterocycles. The van der Waals surface area contributed by atoms with Crippen molar-refractivity contribution in [3.05, 3.63) is 58.8 Å². The molecule has 0 bridgehead atoms. The van der Waals surface area contributed by atoms with Gasteiger partial charge in [-0.05, 0) is 25.1 Å². The molecular weight excluding hydrogens is 386 g/mol. The number of esters is 1. The predicted molar refractivity (Wildman–Crippen MR) is 110 cm³/mol. The number of aryl methyl sites for hydroxylation is 1. The Labute approximate surface area is 174 Å². The van der Waals surface area contributed by atoms with E-state index in [2.05, 4.69) is 0 Å². The zero-order valence-electron chi connectivity index (χ0n) is 17.4. The topological polar surface area (TPSA) is 74.3 Å². The van der Waals surface area contributed by atoms with Crippen LogP contribution in [0.5, 0.6) is 17.2 Å². The number of amides is 1. The summed E-state index contributed by atoms with van der Waals surface area (Å²) in [4.78, 5) is 27.5. The standard InChI is InChI=1S/C23H23NO6/c1-13-5-7-14(8-6-13)24-17-12-30-23(26)22(17)16(10-21(24)25)15-9-19(28-3)20(29-4)11-18(15)27-2/h5-9,11,16H,10,12H2,1-4H3. The lowest BCUT2D eigenvalue weighted by molar-refractivity contribution is -0.136. The summed E-state index contributed by atoms with van der Waals surface area (Å²) in [5.74, 6) is 0.480. The highest BCUT2D eigenvalue weighted by Crippen LogP contribution is 2.47. The minimum Gasteiger partial charge on any atom is -0.496 e. The minimum absolute atomic E-state index is 0.0554. The molecule has 4 rings (SSSR count). The van der Waals surface area contributed by atoms with Gasteiger partial charge in [-0.15, -0.1) is 0 Å². The minimum atomic E-state index is -0.501. The van der Waals surface area contributed by atoms with E-state index in [-0.39, 0.29) is 18.9 Å². The van der Waals surface area contributed by atoms with Crippen molar-refractivity contribution in [1.82, 2.24) is 0 Å². The van der Waals surface area contributed by atoms with Crippen LogP contribution in [0.25, 0.3) is 0 Å². The van der Waals surface area contributed by atoms with Gasteiger partial charge in [0.1, 0.15) is 12.4 Å². The number of hydrogen-bond donors (Lipinski definition) is 0. The number of ether oxygens (including phenoxy) is 4. The van der Waals surface area contributed by atoms with Crippen LogP contribution in [0, 0.1) is 6.92 Å². The average molecular weight is 409 g/mol. The molecule has 2 aliphatic heterocycles. The summed E-state index contributed by atoms with van der Waals surface area (Å²) in [6.45, 7) is 2.04. The van der Waals surface area contributed by atoms with Crippen LogP contribution >= 0.6 is 0 Å². The molecule has 0 N–H and O–H groups in total. The van der Waals surface area contributed by atoms with Crippen molar-refractivity contribution >= 4 is 17.6 Å². The summed E-state index contributed by atoms with van der Waals surface area (Å²) in [5.41, 5.74) is 3.53. The molecule has 0 aliphatic carbocycles. The molecule has 1 unspecified atom stereocenters. The maximum Gasteiger partial charge on any atom is 0.336 e. The third-order valence-corrected chi connectivity index (χ3v) is 5.52. The van der Waals surface area contributed by atoms with Crippen molar-refractivity contribution in [3.63, 3.8) is 0 Å². The fraction of sp³-hybridized carbons (Fsp3) is 0.304. The lowest BCUT2D eigenvalue weighted by Gasteiger charge is -2.32. The van der Waals surface area contributed by atoms with Crippen LogP contribution in [-0.2, 0) is 14.3 Å². The molecule has 0 saturated carbocycles. The molecule has 0 fully saturated rings. The molecule has 1 amide bonds. The Morgan fingerprint density at radius 2 is 1.57 bits per heavy atom. The van der Waals surface area contributed by atoms with E-state index < -0.39 is 11.9 Å². The summed E-state index contributed by atoms with van der Waals surface area (Å²) in [5, 5.41) is 0. The van der Waals surface area contributed by atoms with Crippen LogP contribution in [0.3, 0.4) is 0 Å². The van der Waals surface area contributed by atoms with Gasteiger partial charge in [0, 0.05) is 29.7 Å². The largest absolute Gasteiger partial charge is 0.496 e. The van der Waals surface area contributed by atoms with E-state index in [9.17, 15) is 9.59 Å². The lowest BCUT2D eigenvalue weighted by atomic mass is 9.83. The number of benzene rings is 2. The van der Waals surface area contributed by atoms with E-state index >= 15 is 0 Å². The van der Waals surface area contributed by atoms with Gasteiger partial charge in [0.05, 0.1) is 32.6 Å². The number of anilines is 1. The monoisotopic (exact) mass is 409 g/mol. The number of hydrogen-bond acceptors (Lipinski definition) is 6. The third kappa shape index (κ3) is 3.16. The fourth-order valence-corrected chi connectivity index (χ4v) is 4.04. The molecule has 7 nitrogen and oxygen atoms in total. The molecule has 2 aromatic rings. The van der Waals surface area contributed by atoms with Gasteiger partial charge in [0.2, 0.25) is 5.91 Å². The van der Waals surface area contributed by atoms with Gasteiger partial charge < -0.3 is 18.9 Å². The third-order valence-electron chi connectivity index (χ3n) is 5.52. The second kappa shape index (κ2) is 7.74. The second-order valence-electron chi connectivity index (χ2n) is 7.21. The van der Waals surface area contributed by atoms with Gasteiger partial charge in [-0.3, -0.25) is 9.69 Å².